The summed E-state index contributed by atoms with van der Waals surface area (Å²) in [6.07, 6.45) is 18.7. The molecule has 0 saturated carbocycles. The molecule has 1 aromatic rings. The van der Waals surface area contributed by atoms with E-state index in [0.29, 0.717) is 18.0 Å². The number of hydrogen-bond donors (Lipinski definition) is 2. The zero-order valence-electron chi connectivity index (χ0n) is 17.2. The first kappa shape index (κ1) is 23.3. The Labute approximate surface area is 165 Å². The van der Waals surface area contributed by atoms with Crippen LogP contribution < -0.4 is 10.5 Å². The first-order valence-electron chi connectivity index (χ1n) is 10.9. The van der Waals surface area contributed by atoms with Crippen molar-refractivity contribution in [1.29, 1.82) is 0 Å². The highest BCUT2D eigenvalue weighted by molar-refractivity contribution is 5.89. The molecule has 0 heterocycles. The molecule has 4 nitrogen and oxygen atoms in total. The molecule has 0 aromatic heterocycles. The van der Waals surface area contributed by atoms with E-state index in [0.717, 1.165) is 6.42 Å². The fraction of sp³-hybridized carbons (Fsp3) is 0.696. The van der Waals surface area contributed by atoms with Gasteiger partial charge in [0.15, 0.2) is 0 Å². The van der Waals surface area contributed by atoms with Crippen molar-refractivity contribution in [3.8, 4) is 5.75 Å². The third kappa shape index (κ3) is 11.6. The highest BCUT2D eigenvalue weighted by Crippen LogP contribution is 2.23. The minimum atomic E-state index is -0.972. The molecule has 0 fully saturated rings. The van der Waals surface area contributed by atoms with Gasteiger partial charge in [0.2, 0.25) is 0 Å². The van der Waals surface area contributed by atoms with E-state index in [-0.39, 0.29) is 5.56 Å². The summed E-state index contributed by atoms with van der Waals surface area (Å²) in [6, 6.07) is 4.62. The molecular formula is C23H39NO3. The Bertz CT molecular complexity index is 516. The van der Waals surface area contributed by atoms with Crippen LogP contribution in [0.2, 0.25) is 0 Å². The molecular weight excluding hydrogens is 338 g/mol. The standard InChI is InChI=1S/C23H39NO3/c1-2-3-4-5-6-7-8-9-10-11-12-13-14-15-18-27-22-17-16-20(23(25)26)19-21(22)24/h16-17,19H,2-15,18,24H2,1H3,(H,25,26). The van der Waals surface area contributed by atoms with Gasteiger partial charge in [-0.15, -0.1) is 0 Å². The lowest BCUT2D eigenvalue weighted by Gasteiger charge is -2.09. The lowest BCUT2D eigenvalue weighted by molar-refractivity contribution is 0.0697. The second-order valence-electron chi connectivity index (χ2n) is 7.50. The van der Waals surface area contributed by atoms with E-state index in [4.69, 9.17) is 15.6 Å². The van der Waals surface area contributed by atoms with Crippen molar-refractivity contribution in [2.75, 3.05) is 12.3 Å². The molecule has 0 radical (unpaired) electrons. The van der Waals surface area contributed by atoms with E-state index in [9.17, 15) is 4.79 Å². The van der Waals surface area contributed by atoms with Crippen molar-refractivity contribution in [1.82, 2.24) is 0 Å². The molecule has 0 bridgehead atoms. The number of nitrogens with two attached hydrogens (primary N) is 1. The molecule has 0 spiro atoms. The Morgan fingerprint density at radius 3 is 1.78 bits per heavy atom. The van der Waals surface area contributed by atoms with Crippen LogP contribution in [-0.2, 0) is 0 Å². The smallest absolute Gasteiger partial charge is 0.335 e. The Morgan fingerprint density at radius 1 is 0.852 bits per heavy atom. The molecule has 1 rings (SSSR count). The van der Waals surface area contributed by atoms with Crippen molar-refractivity contribution in [3.05, 3.63) is 23.8 Å². The quantitative estimate of drug-likeness (QED) is 0.230. The normalized spacial score (nSPS) is 10.9. The molecule has 3 N–H and O–H groups in total. The number of anilines is 1. The van der Waals surface area contributed by atoms with Gasteiger partial charge in [-0.2, -0.15) is 0 Å². The number of carbonyl (C=O) groups is 1. The Hall–Kier alpha value is -1.71. The summed E-state index contributed by atoms with van der Waals surface area (Å²) in [5.41, 5.74) is 6.41. The van der Waals surface area contributed by atoms with Gasteiger partial charge >= 0.3 is 5.97 Å². The van der Waals surface area contributed by atoms with Gasteiger partial charge in [-0.05, 0) is 24.6 Å². The van der Waals surface area contributed by atoms with Crippen LogP contribution in [0.5, 0.6) is 5.75 Å². The summed E-state index contributed by atoms with van der Waals surface area (Å²) in [5, 5.41) is 8.92. The predicted octanol–water partition coefficient (Wildman–Crippen LogP) is 6.83. The maximum atomic E-state index is 10.9. The van der Waals surface area contributed by atoms with Crippen LogP contribution in [0, 0.1) is 0 Å². The van der Waals surface area contributed by atoms with Gasteiger partial charge < -0.3 is 15.6 Å². The molecule has 0 aliphatic rings. The summed E-state index contributed by atoms with van der Waals surface area (Å²) in [6.45, 7) is 2.90. The molecule has 0 amide bonds. The van der Waals surface area contributed by atoms with Crippen LogP contribution in [0.4, 0.5) is 5.69 Å². The van der Waals surface area contributed by atoms with E-state index < -0.39 is 5.97 Å². The summed E-state index contributed by atoms with van der Waals surface area (Å²) in [5.74, 6) is -0.394. The summed E-state index contributed by atoms with van der Waals surface area (Å²) >= 11 is 0. The third-order valence-corrected chi connectivity index (χ3v) is 5.01. The van der Waals surface area contributed by atoms with Crippen molar-refractivity contribution in [2.24, 2.45) is 0 Å². The van der Waals surface area contributed by atoms with Gasteiger partial charge in [-0.3, -0.25) is 0 Å². The van der Waals surface area contributed by atoms with Crippen molar-refractivity contribution in [2.45, 2.75) is 96.8 Å². The van der Waals surface area contributed by atoms with E-state index in [1.54, 1.807) is 6.07 Å². The van der Waals surface area contributed by atoms with E-state index in [1.807, 2.05) is 0 Å². The number of carboxylic acid groups (broad SMARTS) is 1. The lowest BCUT2D eigenvalue weighted by Crippen LogP contribution is -2.03. The zero-order valence-corrected chi connectivity index (χ0v) is 17.2. The highest BCUT2D eigenvalue weighted by Gasteiger charge is 2.06. The van der Waals surface area contributed by atoms with Crippen molar-refractivity contribution >= 4 is 11.7 Å². The molecule has 4 heteroatoms. The second-order valence-corrected chi connectivity index (χ2v) is 7.50. The number of unbranched alkanes of at least 4 members (excludes halogenated alkanes) is 13. The average molecular weight is 378 g/mol. The maximum Gasteiger partial charge on any atom is 0.335 e. The van der Waals surface area contributed by atoms with E-state index >= 15 is 0 Å². The number of carboxylic acids is 1. The van der Waals surface area contributed by atoms with Gasteiger partial charge in [0.1, 0.15) is 5.75 Å². The largest absolute Gasteiger partial charge is 0.491 e. The van der Waals surface area contributed by atoms with E-state index in [2.05, 4.69) is 6.92 Å². The van der Waals surface area contributed by atoms with Gasteiger partial charge in [-0.1, -0.05) is 90.4 Å². The van der Waals surface area contributed by atoms with Crippen LogP contribution in [0.15, 0.2) is 18.2 Å². The van der Waals surface area contributed by atoms with Crippen LogP contribution in [-0.4, -0.2) is 17.7 Å². The molecule has 1 aromatic carbocycles. The van der Waals surface area contributed by atoms with Gasteiger partial charge in [-0.25, -0.2) is 4.79 Å². The highest BCUT2D eigenvalue weighted by atomic mass is 16.5. The fourth-order valence-corrected chi connectivity index (χ4v) is 3.29. The van der Waals surface area contributed by atoms with Crippen molar-refractivity contribution < 1.29 is 14.6 Å². The summed E-state index contributed by atoms with van der Waals surface area (Å²) in [7, 11) is 0. The van der Waals surface area contributed by atoms with E-state index in [1.165, 1.54) is 95.6 Å². The molecule has 0 unspecified atom stereocenters. The molecule has 0 saturated heterocycles. The predicted molar refractivity (Wildman–Crippen MR) is 114 cm³/mol. The molecule has 27 heavy (non-hydrogen) atoms. The van der Waals surface area contributed by atoms with Crippen LogP contribution in [0.3, 0.4) is 0 Å². The first-order valence-corrected chi connectivity index (χ1v) is 10.9. The SMILES string of the molecule is CCCCCCCCCCCCCCCCOc1ccc(C(=O)O)cc1N. The lowest BCUT2D eigenvalue weighted by atomic mass is 10.0. The number of nitrogen functional groups attached to an aromatic ring is 1. The Kier molecular flexibility index (Phi) is 13.3. The number of rotatable bonds is 17. The molecule has 0 aliphatic carbocycles. The number of aromatic carboxylic acids is 1. The van der Waals surface area contributed by atoms with Gasteiger partial charge in [0.25, 0.3) is 0 Å². The maximum absolute atomic E-state index is 10.9. The molecule has 0 aliphatic heterocycles. The number of benzene rings is 1. The van der Waals surface area contributed by atoms with Crippen molar-refractivity contribution in [3.63, 3.8) is 0 Å². The first-order chi connectivity index (χ1) is 13.1. The van der Waals surface area contributed by atoms with Crippen LogP contribution in [0.25, 0.3) is 0 Å². The Balaban J connectivity index is 1.90. The third-order valence-electron chi connectivity index (χ3n) is 5.01. The summed E-state index contributed by atoms with van der Waals surface area (Å²) in [4.78, 5) is 10.9. The minimum Gasteiger partial charge on any atom is -0.491 e. The molecule has 0 atom stereocenters. The molecule has 154 valence electrons. The topological polar surface area (TPSA) is 72.5 Å². The minimum absolute atomic E-state index is 0.191. The Morgan fingerprint density at radius 2 is 1.33 bits per heavy atom. The van der Waals surface area contributed by atoms with Crippen LogP contribution >= 0.6 is 0 Å². The second kappa shape index (κ2) is 15.4. The number of hydrogen-bond acceptors (Lipinski definition) is 3. The number of ether oxygens (including phenoxy) is 1. The fourth-order valence-electron chi connectivity index (χ4n) is 3.29. The van der Waals surface area contributed by atoms with Crippen LogP contribution in [0.1, 0.15) is 107 Å². The monoisotopic (exact) mass is 377 g/mol. The average Bonchev–Trinajstić information content (AvgIpc) is 2.65. The summed E-state index contributed by atoms with van der Waals surface area (Å²) < 4.78 is 5.66. The zero-order chi connectivity index (χ0) is 19.7. The van der Waals surface area contributed by atoms with Gasteiger partial charge in [0, 0.05) is 0 Å². The van der Waals surface area contributed by atoms with Gasteiger partial charge in [0.05, 0.1) is 17.9 Å².